The van der Waals surface area contributed by atoms with Crippen LogP contribution in [0.15, 0.2) is 96.0 Å². The summed E-state index contributed by atoms with van der Waals surface area (Å²) in [7, 11) is -4.08. The minimum absolute atomic E-state index is 0.00104. The lowest BCUT2D eigenvalue weighted by Gasteiger charge is -2.19. The topological polar surface area (TPSA) is 117 Å². The number of hydrogen-bond acceptors (Lipinski definition) is 5. The molecule has 8 nitrogen and oxygen atoms in total. The summed E-state index contributed by atoms with van der Waals surface area (Å²) >= 11 is 0. The maximum absolute atomic E-state index is 13.4. The standard InChI is InChI=1S/C26H24N4O4S/c1-18(31)28-21-12-14-22(15-13-21)29-26(32)23(17-19-7-3-2-4-8-19)30-35(33,34)24-11-5-9-20-10-6-16-27-25(20)24/h2-16,23,30H,17H2,1H3,(H,28,31)(H,29,32)/t23-/m1/s1. The number of para-hydroxylation sites is 1. The number of aromatic nitrogens is 1. The number of anilines is 2. The number of carbonyl (C=O) groups excluding carboxylic acids is 2. The van der Waals surface area contributed by atoms with Gasteiger partial charge in [0.05, 0.1) is 5.52 Å². The SMILES string of the molecule is CC(=O)Nc1ccc(NC(=O)[C@@H](Cc2ccccc2)NS(=O)(=O)c2cccc3cccnc23)cc1. The number of amides is 2. The molecular formula is C26H24N4O4S. The molecule has 0 unspecified atom stereocenters. The van der Waals surface area contributed by atoms with Crippen LogP contribution in [0.5, 0.6) is 0 Å². The van der Waals surface area contributed by atoms with Crippen molar-refractivity contribution in [2.75, 3.05) is 10.6 Å². The molecule has 178 valence electrons. The first-order chi connectivity index (χ1) is 16.8. The van der Waals surface area contributed by atoms with Gasteiger partial charge in [-0.3, -0.25) is 14.6 Å². The molecule has 1 heterocycles. The largest absolute Gasteiger partial charge is 0.326 e. The fourth-order valence-electron chi connectivity index (χ4n) is 3.65. The van der Waals surface area contributed by atoms with Gasteiger partial charge in [-0.2, -0.15) is 4.72 Å². The molecule has 4 rings (SSSR count). The van der Waals surface area contributed by atoms with Crippen molar-refractivity contribution in [2.24, 2.45) is 0 Å². The fourth-order valence-corrected chi connectivity index (χ4v) is 5.03. The van der Waals surface area contributed by atoms with Crippen molar-refractivity contribution < 1.29 is 18.0 Å². The maximum Gasteiger partial charge on any atom is 0.243 e. The number of hydrogen-bond donors (Lipinski definition) is 3. The molecule has 1 atom stereocenters. The molecule has 0 bridgehead atoms. The summed E-state index contributed by atoms with van der Waals surface area (Å²) < 4.78 is 29.3. The molecule has 9 heteroatoms. The zero-order valence-electron chi connectivity index (χ0n) is 18.9. The average Bonchev–Trinajstić information content (AvgIpc) is 2.84. The molecule has 3 N–H and O–H groups in total. The van der Waals surface area contributed by atoms with Gasteiger partial charge in [0.2, 0.25) is 21.8 Å². The maximum atomic E-state index is 13.4. The highest BCUT2D eigenvalue weighted by Crippen LogP contribution is 2.22. The van der Waals surface area contributed by atoms with E-state index in [1.54, 1.807) is 48.5 Å². The summed E-state index contributed by atoms with van der Waals surface area (Å²) in [6.45, 7) is 1.40. The number of rotatable bonds is 8. The first kappa shape index (κ1) is 24.1. The van der Waals surface area contributed by atoms with Gasteiger partial charge in [-0.1, -0.05) is 48.5 Å². The Bertz CT molecular complexity index is 1450. The van der Waals surface area contributed by atoms with E-state index in [1.807, 2.05) is 30.3 Å². The van der Waals surface area contributed by atoms with Crippen LogP contribution >= 0.6 is 0 Å². The third kappa shape index (κ3) is 6.08. The normalized spacial score (nSPS) is 12.1. The van der Waals surface area contributed by atoms with Gasteiger partial charge < -0.3 is 10.6 Å². The van der Waals surface area contributed by atoms with E-state index in [-0.39, 0.29) is 17.2 Å². The molecule has 0 aliphatic rings. The minimum Gasteiger partial charge on any atom is -0.326 e. The Morgan fingerprint density at radius 2 is 1.49 bits per heavy atom. The Kier molecular flexibility index (Phi) is 7.19. The number of nitrogens with zero attached hydrogens (tertiary/aromatic N) is 1. The van der Waals surface area contributed by atoms with E-state index in [1.165, 1.54) is 19.2 Å². The molecule has 0 spiro atoms. The van der Waals surface area contributed by atoms with E-state index >= 15 is 0 Å². The fraction of sp³-hybridized carbons (Fsp3) is 0.115. The Labute approximate surface area is 203 Å². The quantitative estimate of drug-likeness (QED) is 0.349. The molecule has 3 aromatic carbocycles. The van der Waals surface area contributed by atoms with E-state index in [0.29, 0.717) is 22.3 Å². The summed E-state index contributed by atoms with van der Waals surface area (Å²) in [6, 6.07) is 23.0. The molecule has 35 heavy (non-hydrogen) atoms. The van der Waals surface area contributed by atoms with Gasteiger partial charge in [0, 0.05) is 29.9 Å². The molecule has 1 aromatic heterocycles. The third-order valence-electron chi connectivity index (χ3n) is 5.25. The summed E-state index contributed by atoms with van der Waals surface area (Å²) in [4.78, 5) is 28.7. The molecule has 0 saturated carbocycles. The van der Waals surface area contributed by atoms with Gasteiger partial charge in [-0.25, -0.2) is 8.42 Å². The second-order valence-corrected chi connectivity index (χ2v) is 9.63. The first-order valence-electron chi connectivity index (χ1n) is 10.9. The van der Waals surface area contributed by atoms with E-state index in [0.717, 1.165) is 5.56 Å². The Morgan fingerprint density at radius 3 is 2.17 bits per heavy atom. The summed E-state index contributed by atoms with van der Waals surface area (Å²) in [5, 5.41) is 6.09. The van der Waals surface area contributed by atoms with Crippen LogP contribution in [-0.4, -0.2) is 31.3 Å². The monoisotopic (exact) mass is 488 g/mol. The number of benzene rings is 3. The minimum atomic E-state index is -4.08. The van der Waals surface area contributed by atoms with Crippen LogP contribution in [0, 0.1) is 0 Å². The summed E-state index contributed by atoms with van der Waals surface area (Å²) in [5.74, 6) is -0.722. The van der Waals surface area contributed by atoms with Crippen LogP contribution in [-0.2, 0) is 26.0 Å². The first-order valence-corrected chi connectivity index (χ1v) is 12.4. The lowest BCUT2D eigenvalue weighted by molar-refractivity contribution is -0.117. The zero-order valence-corrected chi connectivity index (χ0v) is 19.7. The number of fused-ring (bicyclic) bond motifs is 1. The lowest BCUT2D eigenvalue weighted by atomic mass is 10.1. The zero-order chi connectivity index (χ0) is 24.8. The van der Waals surface area contributed by atoms with Crippen LogP contribution in [0.25, 0.3) is 10.9 Å². The van der Waals surface area contributed by atoms with Crippen molar-refractivity contribution in [3.63, 3.8) is 0 Å². The molecule has 0 saturated heterocycles. The van der Waals surface area contributed by atoms with Crippen molar-refractivity contribution in [1.29, 1.82) is 0 Å². The van der Waals surface area contributed by atoms with Crippen molar-refractivity contribution in [3.8, 4) is 0 Å². The average molecular weight is 489 g/mol. The smallest absolute Gasteiger partial charge is 0.243 e. The van der Waals surface area contributed by atoms with Gasteiger partial charge in [0.15, 0.2) is 0 Å². The highest BCUT2D eigenvalue weighted by atomic mass is 32.2. The van der Waals surface area contributed by atoms with Crippen LogP contribution in [0.3, 0.4) is 0 Å². The van der Waals surface area contributed by atoms with Gasteiger partial charge in [-0.05, 0) is 48.4 Å². The molecule has 2 amide bonds. The molecule has 0 aliphatic heterocycles. The second-order valence-electron chi connectivity index (χ2n) is 7.94. The molecule has 4 aromatic rings. The molecule has 0 aliphatic carbocycles. The number of nitrogens with one attached hydrogen (secondary N) is 3. The number of sulfonamides is 1. The van der Waals surface area contributed by atoms with Crippen LogP contribution in [0.4, 0.5) is 11.4 Å². The van der Waals surface area contributed by atoms with Gasteiger partial charge >= 0.3 is 0 Å². The third-order valence-corrected chi connectivity index (χ3v) is 6.76. The van der Waals surface area contributed by atoms with Crippen molar-refractivity contribution in [2.45, 2.75) is 24.3 Å². The second kappa shape index (κ2) is 10.5. The van der Waals surface area contributed by atoms with E-state index < -0.39 is 22.0 Å². The van der Waals surface area contributed by atoms with Crippen LogP contribution < -0.4 is 15.4 Å². The Hall–Kier alpha value is -4.08. The van der Waals surface area contributed by atoms with Crippen molar-refractivity contribution in [1.82, 2.24) is 9.71 Å². The van der Waals surface area contributed by atoms with Crippen LogP contribution in [0.1, 0.15) is 12.5 Å². The predicted molar refractivity (Wildman–Crippen MR) is 135 cm³/mol. The van der Waals surface area contributed by atoms with Gasteiger partial charge in [0.25, 0.3) is 0 Å². The van der Waals surface area contributed by atoms with E-state index in [4.69, 9.17) is 0 Å². The van der Waals surface area contributed by atoms with Crippen LogP contribution in [0.2, 0.25) is 0 Å². The van der Waals surface area contributed by atoms with E-state index in [9.17, 15) is 18.0 Å². The van der Waals surface area contributed by atoms with E-state index in [2.05, 4.69) is 20.3 Å². The predicted octanol–water partition coefficient (Wildman–Crippen LogP) is 3.72. The van der Waals surface area contributed by atoms with Crippen molar-refractivity contribution in [3.05, 3.63) is 96.7 Å². The number of pyridine rings is 1. The number of carbonyl (C=O) groups is 2. The molecular weight excluding hydrogens is 464 g/mol. The van der Waals surface area contributed by atoms with Gasteiger partial charge in [-0.15, -0.1) is 0 Å². The highest BCUT2D eigenvalue weighted by molar-refractivity contribution is 7.89. The van der Waals surface area contributed by atoms with Crippen molar-refractivity contribution >= 4 is 44.1 Å². The lowest BCUT2D eigenvalue weighted by Crippen LogP contribution is -2.45. The highest BCUT2D eigenvalue weighted by Gasteiger charge is 2.27. The summed E-state index contributed by atoms with van der Waals surface area (Å²) in [5.41, 5.74) is 2.18. The Morgan fingerprint density at radius 1 is 0.829 bits per heavy atom. The summed E-state index contributed by atoms with van der Waals surface area (Å²) in [6.07, 6.45) is 1.67. The van der Waals surface area contributed by atoms with Gasteiger partial charge in [0.1, 0.15) is 10.9 Å². The molecule has 0 fully saturated rings. The molecule has 0 radical (unpaired) electrons. The Balaban J connectivity index is 1.61.